The van der Waals surface area contributed by atoms with Crippen molar-refractivity contribution in [1.82, 2.24) is 5.32 Å². The van der Waals surface area contributed by atoms with Gasteiger partial charge in [0.15, 0.2) is 0 Å². The number of hydrogen-bond donors (Lipinski definition) is 1. The second-order valence-corrected chi connectivity index (χ2v) is 10.4. The third kappa shape index (κ3) is 5.42. The molecule has 1 atom stereocenters. The van der Waals surface area contributed by atoms with Gasteiger partial charge in [0.1, 0.15) is 5.75 Å². The van der Waals surface area contributed by atoms with Crippen molar-refractivity contribution in [1.29, 1.82) is 0 Å². The number of benzene rings is 4. The van der Waals surface area contributed by atoms with Crippen molar-refractivity contribution in [2.24, 2.45) is 0 Å². The third-order valence-corrected chi connectivity index (χ3v) is 7.83. The fraction of sp³-hybridized carbons (Fsp3) is 0.138. The van der Waals surface area contributed by atoms with Gasteiger partial charge in [-0.15, -0.1) is 0 Å². The monoisotopic (exact) mass is 500 g/mol. The summed E-state index contributed by atoms with van der Waals surface area (Å²) in [6.07, 6.45) is 0. The summed E-state index contributed by atoms with van der Waals surface area (Å²) in [6.45, 7) is 2.02. The maximum atomic E-state index is 13.2. The van der Waals surface area contributed by atoms with Gasteiger partial charge in [-0.05, 0) is 66.6 Å². The third-order valence-electron chi connectivity index (χ3n) is 6.03. The van der Waals surface area contributed by atoms with Crippen LogP contribution in [0.3, 0.4) is 0 Å². The molecule has 0 aliphatic carbocycles. The van der Waals surface area contributed by atoms with E-state index < -0.39 is 10.0 Å². The zero-order chi connectivity index (χ0) is 25.7. The number of hydrogen-bond acceptors (Lipinski definition) is 4. The fourth-order valence-electron chi connectivity index (χ4n) is 3.85. The number of carbonyl (C=O) groups excluding carboxylic acids is 1. The second kappa shape index (κ2) is 10.7. The lowest BCUT2D eigenvalue weighted by Gasteiger charge is -2.21. The van der Waals surface area contributed by atoms with E-state index in [4.69, 9.17) is 4.74 Å². The molecule has 0 aliphatic rings. The lowest BCUT2D eigenvalue weighted by atomic mass is 9.97. The van der Waals surface area contributed by atoms with Crippen molar-refractivity contribution in [2.45, 2.75) is 17.9 Å². The summed E-state index contributed by atoms with van der Waals surface area (Å²) in [5.41, 5.74) is 3.96. The molecule has 0 saturated heterocycles. The quantitative estimate of drug-likeness (QED) is 0.354. The molecule has 4 aromatic rings. The van der Waals surface area contributed by atoms with E-state index in [9.17, 15) is 13.2 Å². The van der Waals surface area contributed by atoms with Crippen LogP contribution in [0.2, 0.25) is 0 Å². The highest BCUT2D eigenvalue weighted by Crippen LogP contribution is 2.26. The largest absolute Gasteiger partial charge is 0.497 e. The molecule has 184 valence electrons. The minimum absolute atomic E-state index is 0.149. The van der Waals surface area contributed by atoms with E-state index in [-0.39, 0.29) is 16.8 Å². The predicted octanol–water partition coefficient (Wildman–Crippen LogP) is 5.35. The van der Waals surface area contributed by atoms with Crippen molar-refractivity contribution < 1.29 is 17.9 Å². The molecule has 0 fully saturated rings. The van der Waals surface area contributed by atoms with Gasteiger partial charge in [-0.2, -0.15) is 0 Å². The zero-order valence-electron chi connectivity index (χ0n) is 20.4. The molecule has 0 unspecified atom stereocenters. The summed E-state index contributed by atoms with van der Waals surface area (Å²) in [6, 6.07) is 30.2. The van der Waals surface area contributed by atoms with E-state index in [1.165, 1.54) is 30.6 Å². The van der Waals surface area contributed by atoms with Crippen LogP contribution in [0.25, 0.3) is 0 Å². The number of nitrogens with zero attached hydrogens (tertiary/aromatic N) is 1. The highest BCUT2D eigenvalue weighted by Gasteiger charge is 2.22. The van der Waals surface area contributed by atoms with Gasteiger partial charge in [-0.3, -0.25) is 9.10 Å². The van der Waals surface area contributed by atoms with Crippen molar-refractivity contribution in [3.8, 4) is 5.75 Å². The van der Waals surface area contributed by atoms with Gasteiger partial charge in [0, 0.05) is 12.6 Å². The van der Waals surface area contributed by atoms with Gasteiger partial charge in [-0.25, -0.2) is 8.42 Å². The van der Waals surface area contributed by atoms with Crippen LogP contribution in [-0.4, -0.2) is 28.5 Å². The van der Waals surface area contributed by atoms with Crippen LogP contribution in [0.1, 0.15) is 33.1 Å². The van der Waals surface area contributed by atoms with Crippen LogP contribution in [0, 0.1) is 6.92 Å². The zero-order valence-corrected chi connectivity index (χ0v) is 21.2. The molecule has 0 aromatic heterocycles. The number of methoxy groups -OCH3 is 1. The molecule has 1 amide bonds. The van der Waals surface area contributed by atoms with Crippen LogP contribution >= 0.6 is 0 Å². The Morgan fingerprint density at radius 2 is 1.39 bits per heavy atom. The van der Waals surface area contributed by atoms with E-state index in [2.05, 4.69) is 5.32 Å². The number of ether oxygens (including phenoxy) is 1. The van der Waals surface area contributed by atoms with E-state index in [1.54, 1.807) is 36.4 Å². The molecule has 4 rings (SSSR count). The highest BCUT2D eigenvalue weighted by molar-refractivity contribution is 7.92. The molecular formula is C29H28N2O4S. The van der Waals surface area contributed by atoms with Crippen molar-refractivity contribution in [2.75, 3.05) is 18.5 Å². The number of carbonyl (C=O) groups is 1. The lowest BCUT2D eigenvalue weighted by molar-refractivity contribution is 0.0943. The number of nitrogens with one attached hydrogen (secondary N) is 1. The normalized spacial score (nSPS) is 12.0. The molecule has 4 aromatic carbocycles. The van der Waals surface area contributed by atoms with Crippen LogP contribution < -0.4 is 14.4 Å². The number of aryl methyl sites for hydroxylation is 1. The van der Waals surface area contributed by atoms with Gasteiger partial charge >= 0.3 is 0 Å². The van der Waals surface area contributed by atoms with Crippen molar-refractivity contribution >= 4 is 21.6 Å². The van der Waals surface area contributed by atoms with Crippen LogP contribution in [-0.2, 0) is 10.0 Å². The van der Waals surface area contributed by atoms with Gasteiger partial charge in [0.05, 0.1) is 23.7 Å². The lowest BCUT2D eigenvalue weighted by Crippen LogP contribution is -2.29. The van der Waals surface area contributed by atoms with Gasteiger partial charge in [0.25, 0.3) is 15.9 Å². The number of amides is 1. The molecule has 1 N–H and O–H groups in total. The Morgan fingerprint density at radius 3 is 1.97 bits per heavy atom. The standard InChI is InChI=1S/C29H28N2O4S/c1-21-9-11-23(12-10-21)28(22-7-5-4-6-8-22)30-29(32)24-13-15-25(16-14-24)31(2)36(33,34)27-19-17-26(35-3)18-20-27/h4-20,28H,1-3H3,(H,30,32)/t28-/m1/s1. The first kappa shape index (κ1) is 25.0. The first-order chi connectivity index (χ1) is 17.3. The highest BCUT2D eigenvalue weighted by atomic mass is 32.2. The Hall–Kier alpha value is -4.10. The summed E-state index contributed by atoms with van der Waals surface area (Å²) in [4.78, 5) is 13.3. The molecule has 0 bridgehead atoms. The maximum absolute atomic E-state index is 13.2. The topological polar surface area (TPSA) is 75.7 Å². The number of sulfonamides is 1. The molecule has 6 nitrogen and oxygen atoms in total. The Bertz CT molecular complexity index is 1420. The Balaban J connectivity index is 1.54. The van der Waals surface area contributed by atoms with Crippen molar-refractivity contribution in [3.05, 3.63) is 125 Å². The van der Waals surface area contributed by atoms with Gasteiger partial charge < -0.3 is 10.1 Å². The minimum Gasteiger partial charge on any atom is -0.497 e. The van der Waals surface area contributed by atoms with Crippen molar-refractivity contribution in [3.63, 3.8) is 0 Å². The van der Waals surface area contributed by atoms with Crippen LogP contribution in [0.5, 0.6) is 5.75 Å². The molecule has 0 heterocycles. The number of rotatable bonds is 8. The summed E-state index contributed by atoms with van der Waals surface area (Å²) in [5.74, 6) is 0.322. The molecule has 36 heavy (non-hydrogen) atoms. The van der Waals surface area contributed by atoms with Crippen LogP contribution in [0.4, 0.5) is 5.69 Å². The van der Waals surface area contributed by atoms with Gasteiger partial charge in [0.2, 0.25) is 0 Å². The summed E-state index contributed by atoms with van der Waals surface area (Å²) in [5, 5.41) is 3.12. The SMILES string of the molecule is COc1ccc(S(=O)(=O)N(C)c2ccc(C(=O)N[C@H](c3ccccc3)c3ccc(C)cc3)cc2)cc1. The second-order valence-electron chi connectivity index (χ2n) is 8.42. The molecule has 0 aliphatic heterocycles. The predicted molar refractivity (Wildman–Crippen MR) is 142 cm³/mol. The Morgan fingerprint density at radius 1 is 0.806 bits per heavy atom. The first-order valence-electron chi connectivity index (χ1n) is 11.4. The molecule has 7 heteroatoms. The Kier molecular flexibility index (Phi) is 7.41. The van der Waals surface area contributed by atoms with E-state index >= 15 is 0 Å². The average Bonchev–Trinajstić information content (AvgIpc) is 2.92. The van der Waals surface area contributed by atoms with E-state index in [1.807, 2.05) is 61.5 Å². The van der Waals surface area contributed by atoms with E-state index in [0.717, 1.165) is 16.7 Å². The molecule has 0 saturated carbocycles. The minimum atomic E-state index is -3.77. The maximum Gasteiger partial charge on any atom is 0.264 e. The van der Waals surface area contributed by atoms with E-state index in [0.29, 0.717) is 17.0 Å². The smallest absolute Gasteiger partial charge is 0.264 e. The average molecular weight is 501 g/mol. The first-order valence-corrected chi connectivity index (χ1v) is 12.9. The van der Waals surface area contributed by atoms with Gasteiger partial charge in [-0.1, -0.05) is 60.2 Å². The molecule has 0 radical (unpaired) electrons. The summed E-state index contributed by atoms with van der Waals surface area (Å²) < 4.78 is 32.4. The molecule has 0 spiro atoms. The Labute approximate surface area is 212 Å². The number of anilines is 1. The van der Waals surface area contributed by atoms with Crippen LogP contribution in [0.15, 0.2) is 108 Å². The fourth-order valence-corrected chi connectivity index (χ4v) is 5.04. The summed E-state index contributed by atoms with van der Waals surface area (Å²) in [7, 11) is -0.760. The summed E-state index contributed by atoms with van der Waals surface area (Å²) >= 11 is 0. The molecular weight excluding hydrogens is 472 g/mol.